The molecule has 84 valence electrons. The Morgan fingerprint density at radius 2 is 1.86 bits per heavy atom. The summed E-state index contributed by atoms with van der Waals surface area (Å²) in [5.74, 6) is 0. The Bertz CT molecular complexity index is 179. The molecule has 0 radical (unpaired) electrons. The van der Waals surface area contributed by atoms with Gasteiger partial charge in [-0.15, -0.1) is 0 Å². The molecule has 4 nitrogen and oxygen atoms in total. The van der Waals surface area contributed by atoms with Crippen molar-refractivity contribution in [3.05, 3.63) is 0 Å². The second kappa shape index (κ2) is 5.32. The van der Waals surface area contributed by atoms with Gasteiger partial charge in [0.25, 0.3) is 0 Å². The van der Waals surface area contributed by atoms with E-state index in [0.717, 1.165) is 0 Å². The summed E-state index contributed by atoms with van der Waals surface area (Å²) >= 11 is 0. The van der Waals surface area contributed by atoms with E-state index in [0.29, 0.717) is 26.2 Å². The van der Waals surface area contributed by atoms with E-state index >= 15 is 0 Å². The molecule has 4 heteroatoms. The van der Waals surface area contributed by atoms with Gasteiger partial charge in [0.05, 0.1) is 18.8 Å². The summed E-state index contributed by atoms with van der Waals surface area (Å²) in [4.78, 5) is 10.3. The average Bonchev–Trinajstić information content (AvgIpc) is 2.03. The van der Waals surface area contributed by atoms with Gasteiger partial charge < -0.3 is 15.8 Å². The maximum absolute atomic E-state index is 10.3. The van der Waals surface area contributed by atoms with Crippen molar-refractivity contribution in [2.75, 3.05) is 19.8 Å². The van der Waals surface area contributed by atoms with Crippen molar-refractivity contribution >= 4 is 6.41 Å². The Morgan fingerprint density at radius 3 is 2.29 bits per heavy atom. The number of ether oxygens (including phenoxy) is 1. The summed E-state index contributed by atoms with van der Waals surface area (Å²) in [7, 11) is 0. The van der Waals surface area contributed by atoms with Gasteiger partial charge in [-0.05, 0) is 20.4 Å². The van der Waals surface area contributed by atoms with E-state index in [-0.39, 0.29) is 11.0 Å². The van der Waals surface area contributed by atoms with Crippen LogP contribution in [-0.2, 0) is 9.53 Å². The maximum atomic E-state index is 10.3. The van der Waals surface area contributed by atoms with E-state index in [2.05, 4.69) is 5.32 Å². The topological polar surface area (TPSA) is 64.3 Å². The first-order valence-electron chi connectivity index (χ1n) is 4.82. The fraction of sp³-hybridized carbons (Fsp3) is 0.900. The van der Waals surface area contributed by atoms with Gasteiger partial charge in [0.1, 0.15) is 0 Å². The molecular weight excluding hydrogens is 180 g/mol. The second-order valence-electron chi connectivity index (χ2n) is 5.01. The number of hydrogen-bond donors (Lipinski definition) is 2. The van der Waals surface area contributed by atoms with Crippen LogP contribution in [0.15, 0.2) is 0 Å². The van der Waals surface area contributed by atoms with Crippen molar-refractivity contribution in [1.82, 2.24) is 5.32 Å². The van der Waals surface area contributed by atoms with Gasteiger partial charge in [-0.25, -0.2) is 0 Å². The lowest BCUT2D eigenvalue weighted by Gasteiger charge is -2.27. The van der Waals surface area contributed by atoms with E-state index in [1.807, 2.05) is 27.7 Å². The largest absolute Gasteiger partial charge is 0.378 e. The van der Waals surface area contributed by atoms with Crippen molar-refractivity contribution in [3.63, 3.8) is 0 Å². The van der Waals surface area contributed by atoms with E-state index in [1.165, 1.54) is 0 Å². The predicted molar refractivity (Wildman–Crippen MR) is 56.9 cm³/mol. The summed E-state index contributed by atoms with van der Waals surface area (Å²) in [6.07, 6.45) is 0.692. The molecule has 0 aromatic heterocycles. The third kappa shape index (κ3) is 5.94. The minimum Gasteiger partial charge on any atom is -0.378 e. The molecule has 0 aromatic carbocycles. The Morgan fingerprint density at radius 1 is 1.29 bits per heavy atom. The summed E-state index contributed by atoms with van der Waals surface area (Å²) in [6.45, 7) is 9.62. The third-order valence-electron chi connectivity index (χ3n) is 1.96. The standard InChI is InChI=1S/C10H22N2O2/c1-9(2,5-11)6-14-7-10(3,4)12-8-13/h8H,5-7,11H2,1-4H3,(H,12,13). The third-order valence-corrected chi connectivity index (χ3v) is 1.96. The first kappa shape index (κ1) is 13.4. The first-order chi connectivity index (χ1) is 6.33. The number of carbonyl (C=O) groups excluding carboxylic acids is 1. The highest BCUT2D eigenvalue weighted by atomic mass is 16.5. The molecular formula is C10H22N2O2. The van der Waals surface area contributed by atoms with Crippen LogP contribution in [-0.4, -0.2) is 31.7 Å². The number of nitrogens with one attached hydrogen (secondary N) is 1. The molecule has 0 fully saturated rings. The Balaban J connectivity index is 3.78. The number of carbonyl (C=O) groups is 1. The number of hydrogen-bond acceptors (Lipinski definition) is 3. The van der Waals surface area contributed by atoms with E-state index in [4.69, 9.17) is 10.5 Å². The molecule has 0 heterocycles. The maximum Gasteiger partial charge on any atom is 0.207 e. The van der Waals surface area contributed by atoms with Crippen molar-refractivity contribution in [2.45, 2.75) is 33.2 Å². The SMILES string of the molecule is CC(C)(CN)COCC(C)(C)NC=O. The lowest BCUT2D eigenvalue weighted by atomic mass is 9.95. The summed E-state index contributed by atoms with van der Waals surface area (Å²) in [6, 6.07) is 0. The lowest BCUT2D eigenvalue weighted by molar-refractivity contribution is -0.111. The van der Waals surface area contributed by atoms with E-state index < -0.39 is 0 Å². The normalized spacial score (nSPS) is 12.6. The molecule has 0 aromatic rings. The molecule has 0 bridgehead atoms. The van der Waals surface area contributed by atoms with E-state index in [9.17, 15) is 4.79 Å². The van der Waals surface area contributed by atoms with Crippen LogP contribution in [0, 0.1) is 5.41 Å². The van der Waals surface area contributed by atoms with Gasteiger partial charge in [0.15, 0.2) is 0 Å². The van der Waals surface area contributed by atoms with Crippen LogP contribution in [0.25, 0.3) is 0 Å². The minimum absolute atomic E-state index is 0.00272. The fourth-order valence-electron chi connectivity index (χ4n) is 0.843. The van der Waals surface area contributed by atoms with Crippen LogP contribution < -0.4 is 11.1 Å². The molecule has 3 N–H and O–H groups in total. The highest BCUT2D eigenvalue weighted by molar-refractivity contribution is 5.47. The van der Waals surface area contributed by atoms with Crippen molar-refractivity contribution in [3.8, 4) is 0 Å². The summed E-state index contributed by atoms with van der Waals surface area (Å²) in [5, 5.41) is 2.69. The molecule has 0 rings (SSSR count). The van der Waals surface area contributed by atoms with E-state index in [1.54, 1.807) is 0 Å². The first-order valence-corrected chi connectivity index (χ1v) is 4.82. The molecule has 0 aliphatic heterocycles. The zero-order valence-corrected chi connectivity index (χ0v) is 9.59. The van der Waals surface area contributed by atoms with Crippen molar-refractivity contribution in [2.24, 2.45) is 11.1 Å². The fourth-order valence-corrected chi connectivity index (χ4v) is 0.843. The van der Waals surface area contributed by atoms with Crippen LogP contribution in [0.4, 0.5) is 0 Å². The zero-order chi connectivity index (χ0) is 11.2. The summed E-state index contributed by atoms with van der Waals surface area (Å²) in [5.41, 5.74) is 5.25. The lowest BCUT2D eigenvalue weighted by Crippen LogP contribution is -2.43. The Hall–Kier alpha value is -0.610. The van der Waals surface area contributed by atoms with Gasteiger partial charge in [0.2, 0.25) is 6.41 Å². The zero-order valence-electron chi connectivity index (χ0n) is 9.59. The molecule has 0 aliphatic carbocycles. The molecule has 0 saturated carbocycles. The summed E-state index contributed by atoms with van der Waals surface area (Å²) < 4.78 is 5.51. The highest BCUT2D eigenvalue weighted by Gasteiger charge is 2.20. The van der Waals surface area contributed by atoms with Gasteiger partial charge in [0, 0.05) is 5.41 Å². The minimum atomic E-state index is -0.313. The molecule has 0 spiro atoms. The van der Waals surface area contributed by atoms with Gasteiger partial charge >= 0.3 is 0 Å². The van der Waals surface area contributed by atoms with Gasteiger partial charge in [-0.3, -0.25) is 4.79 Å². The smallest absolute Gasteiger partial charge is 0.207 e. The molecule has 14 heavy (non-hydrogen) atoms. The Labute approximate surface area is 86.2 Å². The molecule has 1 amide bonds. The monoisotopic (exact) mass is 202 g/mol. The Kier molecular flexibility index (Phi) is 5.08. The van der Waals surface area contributed by atoms with Crippen LogP contribution >= 0.6 is 0 Å². The second-order valence-corrected chi connectivity index (χ2v) is 5.01. The molecule has 0 aliphatic rings. The van der Waals surface area contributed by atoms with Crippen molar-refractivity contribution in [1.29, 1.82) is 0 Å². The van der Waals surface area contributed by atoms with Gasteiger partial charge in [-0.1, -0.05) is 13.8 Å². The highest BCUT2D eigenvalue weighted by Crippen LogP contribution is 2.13. The predicted octanol–water partition coefficient (Wildman–Crippen LogP) is 0.513. The van der Waals surface area contributed by atoms with Crippen LogP contribution in [0.1, 0.15) is 27.7 Å². The van der Waals surface area contributed by atoms with Crippen LogP contribution in [0.5, 0.6) is 0 Å². The number of amides is 1. The molecule has 0 atom stereocenters. The quantitative estimate of drug-likeness (QED) is 0.591. The van der Waals surface area contributed by atoms with Gasteiger partial charge in [-0.2, -0.15) is 0 Å². The number of rotatable bonds is 7. The van der Waals surface area contributed by atoms with Crippen molar-refractivity contribution < 1.29 is 9.53 Å². The van der Waals surface area contributed by atoms with Crippen LogP contribution in [0.2, 0.25) is 0 Å². The van der Waals surface area contributed by atoms with Crippen LogP contribution in [0.3, 0.4) is 0 Å². The number of nitrogens with two attached hydrogens (primary N) is 1. The molecule has 0 unspecified atom stereocenters. The molecule has 0 saturated heterocycles. The average molecular weight is 202 g/mol.